The first-order chi connectivity index (χ1) is 14.6. The van der Waals surface area contributed by atoms with Gasteiger partial charge in [0.2, 0.25) is 11.8 Å². The normalized spacial score (nSPS) is 13.1. The number of hydrogen-bond donors (Lipinski definition) is 1. The SMILES string of the molecule is COC(=O)[C@@H](Cc1ccc(OC)nc1)NC(=O)C1c2ccccc2-c2ccccc21. The monoisotopic (exact) mass is 402 g/mol. The molecule has 3 aromatic rings. The van der Waals surface area contributed by atoms with E-state index in [0.717, 1.165) is 27.8 Å². The highest BCUT2D eigenvalue weighted by Gasteiger charge is 2.35. The van der Waals surface area contributed by atoms with Gasteiger partial charge in [0.05, 0.1) is 20.1 Å². The molecule has 1 N–H and O–H groups in total. The van der Waals surface area contributed by atoms with Gasteiger partial charge >= 0.3 is 5.97 Å². The Kier molecular flexibility index (Phi) is 5.48. The van der Waals surface area contributed by atoms with E-state index in [1.165, 1.54) is 14.2 Å². The van der Waals surface area contributed by atoms with Crippen LogP contribution in [0.5, 0.6) is 5.88 Å². The molecule has 6 nitrogen and oxygen atoms in total. The molecule has 0 spiro atoms. The predicted molar refractivity (Wildman–Crippen MR) is 112 cm³/mol. The molecule has 1 heterocycles. The van der Waals surface area contributed by atoms with Gasteiger partial charge in [-0.25, -0.2) is 9.78 Å². The molecule has 4 rings (SSSR count). The van der Waals surface area contributed by atoms with Crippen LogP contribution in [-0.4, -0.2) is 37.1 Å². The third-order valence-electron chi connectivity index (χ3n) is 5.34. The van der Waals surface area contributed by atoms with E-state index in [1.54, 1.807) is 12.3 Å². The molecule has 30 heavy (non-hydrogen) atoms. The number of methoxy groups -OCH3 is 2. The van der Waals surface area contributed by atoms with E-state index in [0.29, 0.717) is 5.88 Å². The number of fused-ring (bicyclic) bond motifs is 3. The molecule has 0 saturated heterocycles. The number of nitrogens with one attached hydrogen (secondary N) is 1. The molecule has 1 atom stereocenters. The van der Waals surface area contributed by atoms with Crippen LogP contribution in [0.25, 0.3) is 11.1 Å². The van der Waals surface area contributed by atoms with Crippen molar-refractivity contribution in [2.24, 2.45) is 0 Å². The molecular weight excluding hydrogens is 380 g/mol. The summed E-state index contributed by atoms with van der Waals surface area (Å²) in [5.74, 6) is -0.724. The number of hydrogen-bond acceptors (Lipinski definition) is 5. The smallest absolute Gasteiger partial charge is 0.328 e. The molecule has 1 aliphatic carbocycles. The van der Waals surface area contributed by atoms with Crippen molar-refractivity contribution < 1.29 is 19.1 Å². The van der Waals surface area contributed by atoms with Gasteiger partial charge < -0.3 is 14.8 Å². The van der Waals surface area contributed by atoms with Crippen LogP contribution in [0.2, 0.25) is 0 Å². The van der Waals surface area contributed by atoms with E-state index in [9.17, 15) is 9.59 Å². The summed E-state index contributed by atoms with van der Waals surface area (Å²) in [5.41, 5.74) is 4.75. The molecule has 1 aromatic heterocycles. The highest BCUT2D eigenvalue weighted by molar-refractivity contribution is 5.97. The quantitative estimate of drug-likeness (QED) is 0.641. The lowest BCUT2D eigenvalue weighted by molar-refractivity contribution is -0.145. The molecule has 0 fully saturated rings. The van der Waals surface area contributed by atoms with Gasteiger partial charge in [-0.1, -0.05) is 54.6 Å². The Balaban J connectivity index is 1.60. The summed E-state index contributed by atoms with van der Waals surface area (Å²) in [6.45, 7) is 0. The maximum Gasteiger partial charge on any atom is 0.328 e. The van der Waals surface area contributed by atoms with Crippen LogP contribution < -0.4 is 10.1 Å². The van der Waals surface area contributed by atoms with E-state index in [1.807, 2.05) is 54.6 Å². The maximum absolute atomic E-state index is 13.3. The van der Waals surface area contributed by atoms with Gasteiger partial charge in [0.15, 0.2) is 0 Å². The lowest BCUT2D eigenvalue weighted by Crippen LogP contribution is -2.45. The minimum Gasteiger partial charge on any atom is -0.481 e. The van der Waals surface area contributed by atoms with Gasteiger partial charge in [0.1, 0.15) is 6.04 Å². The Morgan fingerprint density at radius 2 is 1.60 bits per heavy atom. The Hall–Kier alpha value is -3.67. The second-order valence-electron chi connectivity index (χ2n) is 7.10. The first-order valence-electron chi connectivity index (χ1n) is 9.67. The number of amides is 1. The molecule has 0 aliphatic heterocycles. The van der Waals surface area contributed by atoms with Gasteiger partial charge in [-0.05, 0) is 27.8 Å². The van der Waals surface area contributed by atoms with Crippen molar-refractivity contribution in [2.45, 2.75) is 18.4 Å². The van der Waals surface area contributed by atoms with Crippen LogP contribution in [0.4, 0.5) is 0 Å². The van der Waals surface area contributed by atoms with Crippen LogP contribution in [0.3, 0.4) is 0 Å². The lowest BCUT2D eigenvalue weighted by atomic mass is 9.95. The average molecular weight is 402 g/mol. The number of nitrogens with zero attached hydrogens (tertiary/aromatic N) is 1. The highest BCUT2D eigenvalue weighted by atomic mass is 16.5. The number of carbonyl (C=O) groups is 2. The zero-order chi connectivity index (χ0) is 21.1. The largest absolute Gasteiger partial charge is 0.481 e. The molecule has 1 aliphatic rings. The van der Waals surface area contributed by atoms with Crippen LogP contribution in [0, 0.1) is 0 Å². The second kappa shape index (κ2) is 8.37. The molecule has 0 bridgehead atoms. The van der Waals surface area contributed by atoms with Crippen molar-refractivity contribution in [3.05, 3.63) is 83.6 Å². The molecule has 0 saturated carbocycles. The van der Waals surface area contributed by atoms with Crippen molar-refractivity contribution >= 4 is 11.9 Å². The zero-order valence-electron chi connectivity index (χ0n) is 16.8. The number of ether oxygens (including phenoxy) is 2. The predicted octanol–water partition coefficient (Wildman–Crippen LogP) is 3.10. The number of esters is 1. The van der Waals surface area contributed by atoms with Gasteiger partial charge in [-0.2, -0.15) is 0 Å². The fourth-order valence-electron chi connectivity index (χ4n) is 3.92. The fourth-order valence-corrected chi connectivity index (χ4v) is 3.92. The first-order valence-corrected chi connectivity index (χ1v) is 9.67. The van der Waals surface area contributed by atoms with Gasteiger partial charge in [0.25, 0.3) is 0 Å². The molecule has 1 amide bonds. The number of rotatable bonds is 6. The van der Waals surface area contributed by atoms with Gasteiger partial charge in [-0.3, -0.25) is 4.79 Å². The van der Waals surface area contributed by atoms with Crippen LogP contribution in [0.1, 0.15) is 22.6 Å². The van der Waals surface area contributed by atoms with Crippen molar-refractivity contribution in [1.82, 2.24) is 10.3 Å². The molecule has 2 aromatic carbocycles. The van der Waals surface area contributed by atoms with Crippen LogP contribution in [0.15, 0.2) is 66.9 Å². The molecule has 152 valence electrons. The third-order valence-corrected chi connectivity index (χ3v) is 5.34. The zero-order valence-corrected chi connectivity index (χ0v) is 16.8. The second-order valence-corrected chi connectivity index (χ2v) is 7.10. The van der Waals surface area contributed by atoms with Gasteiger partial charge in [0, 0.05) is 18.7 Å². The molecule has 0 unspecified atom stereocenters. The topological polar surface area (TPSA) is 77.5 Å². The molecule has 6 heteroatoms. The molecule has 0 radical (unpaired) electrons. The van der Waals surface area contributed by atoms with E-state index >= 15 is 0 Å². The van der Waals surface area contributed by atoms with E-state index < -0.39 is 17.9 Å². The summed E-state index contributed by atoms with van der Waals surface area (Å²) in [6, 6.07) is 18.4. The Morgan fingerprint density at radius 1 is 0.967 bits per heavy atom. The Bertz CT molecular complexity index is 1030. The third kappa shape index (κ3) is 3.64. The summed E-state index contributed by atoms with van der Waals surface area (Å²) in [5, 5.41) is 2.90. The number of benzene rings is 2. The molecular formula is C24H22N2O4. The van der Waals surface area contributed by atoms with Crippen molar-refractivity contribution in [2.75, 3.05) is 14.2 Å². The number of aromatic nitrogens is 1. The number of carbonyl (C=O) groups excluding carboxylic acids is 2. The summed E-state index contributed by atoms with van der Waals surface area (Å²) in [6.07, 6.45) is 1.90. The minimum absolute atomic E-state index is 0.232. The fraction of sp³-hybridized carbons (Fsp3) is 0.208. The van der Waals surface area contributed by atoms with Crippen molar-refractivity contribution in [3.63, 3.8) is 0 Å². The maximum atomic E-state index is 13.3. The summed E-state index contributed by atoms with van der Waals surface area (Å²) in [7, 11) is 2.85. The summed E-state index contributed by atoms with van der Waals surface area (Å²) < 4.78 is 10.0. The van der Waals surface area contributed by atoms with Crippen LogP contribution in [-0.2, 0) is 20.7 Å². The minimum atomic E-state index is -0.822. The standard InChI is InChI=1S/C24H22N2O4/c1-29-21-12-11-15(14-25-21)13-20(24(28)30-2)26-23(27)22-18-9-5-3-7-16(18)17-8-4-6-10-19(17)22/h3-12,14,20,22H,13H2,1-2H3,(H,26,27)/t20-/m1/s1. The average Bonchev–Trinajstić information content (AvgIpc) is 3.13. The van der Waals surface area contributed by atoms with E-state index in [4.69, 9.17) is 9.47 Å². The summed E-state index contributed by atoms with van der Waals surface area (Å²) in [4.78, 5) is 29.9. The Labute approximate surface area is 174 Å². The lowest BCUT2D eigenvalue weighted by Gasteiger charge is -2.20. The van der Waals surface area contributed by atoms with Gasteiger partial charge in [-0.15, -0.1) is 0 Å². The Morgan fingerprint density at radius 3 is 2.13 bits per heavy atom. The van der Waals surface area contributed by atoms with Crippen LogP contribution >= 0.6 is 0 Å². The van der Waals surface area contributed by atoms with Crippen molar-refractivity contribution in [1.29, 1.82) is 0 Å². The first kappa shape index (κ1) is 19.6. The highest BCUT2D eigenvalue weighted by Crippen LogP contribution is 2.44. The van der Waals surface area contributed by atoms with E-state index in [2.05, 4.69) is 10.3 Å². The summed E-state index contributed by atoms with van der Waals surface area (Å²) >= 11 is 0. The van der Waals surface area contributed by atoms with E-state index in [-0.39, 0.29) is 12.3 Å². The number of pyridine rings is 1. The van der Waals surface area contributed by atoms with Crippen molar-refractivity contribution in [3.8, 4) is 17.0 Å².